The highest BCUT2D eigenvalue weighted by atomic mass is 16.6. The van der Waals surface area contributed by atoms with E-state index >= 15 is 0 Å². The van der Waals surface area contributed by atoms with E-state index in [2.05, 4.69) is 0 Å². The fraction of sp³-hybridized carbons (Fsp3) is 0.231. The topological polar surface area (TPSA) is 97.1 Å². The number of nitro groups is 1. The summed E-state index contributed by atoms with van der Waals surface area (Å²) >= 11 is 0. The molecule has 1 heterocycles. The summed E-state index contributed by atoms with van der Waals surface area (Å²) in [6.07, 6.45) is 0.951. The summed E-state index contributed by atoms with van der Waals surface area (Å²) in [5.74, 6) is 0.0215. The number of hydrogen-bond donors (Lipinski definition) is 0. The summed E-state index contributed by atoms with van der Waals surface area (Å²) in [5.41, 5.74) is -0.417. The van der Waals surface area contributed by atoms with Gasteiger partial charge < -0.3 is 4.42 Å². The summed E-state index contributed by atoms with van der Waals surface area (Å²) in [6.45, 7) is 3.72. The van der Waals surface area contributed by atoms with Crippen molar-refractivity contribution in [1.82, 2.24) is 0 Å². The highest BCUT2D eigenvalue weighted by Crippen LogP contribution is 2.29. The van der Waals surface area contributed by atoms with E-state index in [1.165, 1.54) is 6.07 Å². The van der Waals surface area contributed by atoms with Crippen molar-refractivity contribution in [2.24, 2.45) is 0 Å². The fourth-order valence-corrected chi connectivity index (χ4v) is 1.79. The third-order valence-corrected chi connectivity index (χ3v) is 2.86. The Morgan fingerprint density at radius 1 is 1.42 bits per heavy atom. The standard InChI is InChI=1S/C13H10N2O4/c1-7(2)8-3-10-12(16)9(5-14)6-19-13(10)11(4-8)15(17)18/h3-4,6-7H,1-2H3. The molecule has 0 aliphatic carbocycles. The molecule has 2 rings (SSSR count). The molecular formula is C13H10N2O4. The molecule has 6 heteroatoms. The van der Waals surface area contributed by atoms with Crippen LogP contribution in [0, 0.1) is 21.4 Å². The Balaban J connectivity index is 2.96. The molecule has 0 radical (unpaired) electrons. The van der Waals surface area contributed by atoms with Gasteiger partial charge in [-0.25, -0.2) is 0 Å². The second kappa shape index (κ2) is 4.53. The van der Waals surface area contributed by atoms with E-state index in [-0.39, 0.29) is 28.1 Å². The molecular weight excluding hydrogens is 248 g/mol. The first-order valence-corrected chi connectivity index (χ1v) is 5.59. The van der Waals surface area contributed by atoms with Crippen LogP contribution >= 0.6 is 0 Å². The van der Waals surface area contributed by atoms with E-state index in [9.17, 15) is 14.9 Å². The van der Waals surface area contributed by atoms with E-state index in [4.69, 9.17) is 9.68 Å². The molecule has 0 atom stereocenters. The number of fused-ring (bicyclic) bond motifs is 1. The zero-order valence-electron chi connectivity index (χ0n) is 10.3. The first-order chi connectivity index (χ1) is 8.95. The average Bonchev–Trinajstić information content (AvgIpc) is 2.38. The predicted octanol–water partition coefficient (Wildman–Crippen LogP) is 2.70. The predicted molar refractivity (Wildman–Crippen MR) is 67.9 cm³/mol. The van der Waals surface area contributed by atoms with Crippen molar-refractivity contribution in [1.29, 1.82) is 5.26 Å². The maximum Gasteiger partial charge on any atom is 0.312 e. The smallest absolute Gasteiger partial charge is 0.312 e. The molecule has 19 heavy (non-hydrogen) atoms. The lowest BCUT2D eigenvalue weighted by atomic mass is 10.00. The first kappa shape index (κ1) is 12.8. The molecule has 0 unspecified atom stereocenters. The van der Waals surface area contributed by atoms with Crippen molar-refractivity contribution in [2.45, 2.75) is 19.8 Å². The van der Waals surface area contributed by atoms with Crippen LogP contribution in [0.2, 0.25) is 0 Å². The first-order valence-electron chi connectivity index (χ1n) is 5.59. The van der Waals surface area contributed by atoms with E-state index in [1.807, 2.05) is 13.8 Å². The molecule has 1 aromatic carbocycles. The monoisotopic (exact) mass is 258 g/mol. The average molecular weight is 258 g/mol. The van der Waals surface area contributed by atoms with Crippen LogP contribution in [-0.2, 0) is 0 Å². The normalized spacial score (nSPS) is 10.6. The van der Waals surface area contributed by atoms with Gasteiger partial charge in [0, 0.05) is 6.07 Å². The molecule has 0 spiro atoms. The SMILES string of the molecule is CC(C)c1cc([N+](=O)[O-])c2occ(C#N)c(=O)c2c1. The van der Waals surface area contributed by atoms with Crippen LogP contribution in [0.25, 0.3) is 11.0 Å². The van der Waals surface area contributed by atoms with Crippen LogP contribution in [0.1, 0.15) is 30.9 Å². The van der Waals surface area contributed by atoms with Gasteiger partial charge in [-0.15, -0.1) is 0 Å². The summed E-state index contributed by atoms with van der Waals surface area (Å²) in [7, 11) is 0. The number of nitrogens with zero attached hydrogens (tertiary/aromatic N) is 2. The molecule has 0 amide bonds. The van der Waals surface area contributed by atoms with E-state index in [1.54, 1.807) is 12.1 Å². The Morgan fingerprint density at radius 3 is 2.63 bits per heavy atom. The maximum atomic E-state index is 12.0. The Kier molecular flexibility index (Phi) is 3.05. The van der Waals surface area contributed by atoms with Crippen LogP contribution in [0.15, 0.2) is 27.6 Å². The molecule has 96 valence electrons. The Labute approximate surface area is 108 Å². The third kappa shape index (κ3) is 2.06. The van der Waals surface area contributed by atoms with Gasteiger partial charge in [-0.3, -0.25) is 14.9 Å². The fourth-order valence-electron chi connectivity index (χ4n) is 1.79. The van der Waals surface area contributed by atoms with Gasteiger partial charge >= 0.3 is 5.69 Å². The van der Waals surface area contributed by atoms with Gasteiger partial charge in [0.15, 0.2) is 0 Å². The lowest BCUT2D eigenvalue weighted by Gasteiger charge is -2.06. The summed E-state index contributed by atoms with van der Waals surface area (Å²) < 4.78 is 5.08. The van der Waals surface area contributed by atoms with Crippen molar-refractivity contribution < 1.29 is 9.34 Å². The van der Waals surface area contributed by atoms with E-state index < -0.39 is 10.4 Å². The largest absolute Gasteiger partial charge is 0.455 e. The zero-order valence-corrected chi connectivity index (χ0v) is 10.3. The minimum Gasteiger partial charge on any atom is -0.455 e. The molecule has 0 aliphatic heterocycles. The Hall–Kier alpha value is -2.68. The van der Waals surface area contributed by atoms with Crippen LogP contribution in [0.5, 0.6) is 0 Å². The molecule has 6 nitrogen and oxygen atoms in total. The molecule has 0 bridgehead atoms. The number of hydrogen-bond acceptors (Lipinski definition) is 5. The number of nitriles is 1. The number of nitro benzene ring substituents is 1. The van der Waals surface area contributed by atoms with Gasteiger partial charge in [0.25, 0.3) is 0 Å². The van der Waals surface area contributed by atoms with Crippen LogP contribution < -0.4 is 5.43 Å². The summed E-state index contributed by atoms with van der Waals surface area (Å²) in [6, 6.07) is 4.64. The lowest BCUT2D eigenvalue weighted by molar-refractivity contribution is -0.383. The molecule has 0 N–H and O–H groups in total. The van der Waals surface area contributed by atoms with E-state index in [0.29, 0.717) is 5.56 Å². The lowest BCUT2D eigenvalue weighted by Crippen LogP contribution is -2.07. The minimum atomic E-state index is -0.594. The van der Waals surface area contributed by atoms with Crippen molar-refractivity contribution in [3.8, 4) is 6.07 Å². The van der Waals surface area contributed by atoms with Crippen molar-refractivity contribution in [3.63, 3.8) is 0 Å². The number of rotatable bonds is 2. The second-order valence-corrected chi connectivity index (χ2v) is 4.42. The molecule has 2 aromatic rings. The van der Waals surface area contributed by atoms with Crippen LogP contribution in [0.3, 0.4) is 0 Å². The van der Waals surface area contributed by atoms with Gasteiger partial charge in [0.1, 0.15) is 17.9 Å². The Morgan fingerprint density at radius 2 is 2.11 bits per heavy atom. The van der Waals surface area contributed by atoms with Gasteiger partial charge in [-0.05, 0) is 17.5 Å². The van der Waals surface area contributed by atoms with E-state index in [0.717, 1.165) is 6.26 Å². The molecule has 0 aliphatic rings. The van der Waals surface area contributed by atoms with Gasteiger partial charge in [-0.2, -0.15) is 5.26 Å². The van der Waals surface area contributed by atoms with Gasteiger partial charge in [0.2, 0.25) is 11.0 Å². The van der Waals surface area contributed by atoms with Crippen LogP contribution in [-0.4, -0.2) is 4.92 Å². The van der Waals surface area contributed by atoms with Crippen molar-refractivity contribution >= 4 is 16.7 Å². The van der Waals surface area contributed by atoms with Gasteiger partial charge in [-0.1, -0.05) is 13.8 Å². The number of non-ortho nitro benzene ring substituents is 1. The van der Waals surface area contributed by atoms with Crippen molar-refractivity contribution in [3.05, 3.63) is 49.9 Å². The maximum absolute atomic E-state index is 12.0. The minimum absolute atomic E-state index is 0.0215. The summed E-state index contributed by atoms with van der Waals surface area (Å²) in [4.78, 5) is 22.4. The summed E-state index contributed by atoms with van der Waals surface area (Å²) in [5, 5.41) is 19.9. The molecule has 0 saturated heterocycles. The quantitative estimate of drug-likeness (QED) is 0.609. The van der Waals surface area contributed by atoms with Gasteiger partial charge in [0.05, 0.1) is 10.3 Å². The molecule has 0 fully saturated rings. The highest BCUT2D eigenvalue weighted by Gasteiger charge is 2.20. The molecule has 0 saturated carbocycles. The third-order valence-electron chi connectivity index (χ3n) is 2.86. The van der Waals surface area contributed by atoms with Crippen molar-refractivity contribution in [2.75, 3.05) is 0 Å². The van der Waals surface area contributed by atoms with Crippen LogP contribution in [0.4, 0.5) is 5.69 Å². The zero-order chi connectivity index (χ0) is 14.2. The number of benzene rings is 1. The second-order valence-electron chi connectivity index (χ2n) is 4.42. The highest BCUT2D eigenvalue weighted by molar-refractivity contribution is 5.86. The molecule has 1 aromatic heterocycles. The Bertz CT molecular complexity index is 769.